The fraction of sp³-hybridized carbons (Fsp3) is 0.200. The van der Waals surface area contributed by atoms with Crippen molar-refractivity contribution in [3.05, 3.63) is 66.2 Å². The highest BCUT2D eigenvalue weighted by atomic mass is 32.2. The molecule has 0 radical (unpaired) electrons. The molecule has 3 rings (SSSR count). The van der Waals surface area contributed by atoms with E-state index in [9.17, 15) is 13.2 Å². The highest BCUT2D eigenvalue weighted by Crippen LogP contribution is 2.24. The van der Waals surface area contributed by atoms with Crippen LogP contribution in [0.2, 0.25) is 0 Å². The van der Waals surface area contributed by atoms with E-state index in [4.69, 9.17) is 5.73 Å². The Hall–Kier alpha value is -3.17. The van der Waals surface area contributed by atoms with E-state index in [1.54, 1.807) is 44.3 Å². The van der Waals surface area contributed by atoms with Crippen LogP contribution in [0.15, 0.2) is 59.9 Å². The van der Waals surface area contributed by atoms with Crippen molar-refractivity contribution < 1.29 is 13.2 Å². The van der Waals surface area contributed by atoms with Gasteiger partial charge in [-0.05, 0) is 24.3 Å². The summed E-state index contributed by atoms with van der Waals surface area (Å²) in [6, 6.07) is 9.64. The molecule has 0 aliphatic carbocycles. The van der Waals surface area contributed by atoms with Gasteiger partial charge in [0.2, 0.25) is 15.8 Å². The van der Waals surface area contributed by atoms with Gasteiger partial charge in [0.1, 0.15) is 0 Å². The third-order valence-corrected chi connectivity index (χ3v) is 6.46. The Morgan fingerprint density at radius 1 is 1.10 bits per heavy atom. The first-order valence-corrected chi connectivity index (χ1v) is 10.5. The van der Waals surface area contributed by atoms with E-state index in [0.717, 1.165) is 0 Å². The molecule has 0 bridgehead atoms. The van der Waals surface area contributed by atoms with Crippen molar-refractivity contribution in [2.75, 3.05) is 18.8 Å². The number of nitrogen functional groups attached to an aromatic ring is 1. The maximum absolute atomic E-state index is 12.8. The average Bonchev–Trinajstić information content (AvgIpc) is 2.75. The van der Waals surface area contributed by atoms with Gasteiger partial charge in [0, 0.05) is 36.6 Å². The summed E-state index contributed by atoms with van der Waals surface area (Å²) in [4.78, 5) is 25.2. The van der Waals surface area contributed by atoms with E-state index in [1.807, 2.05) is 0 Å². The molecular weight excluding hydrogens is 390 g/mol. The number of carbonyl (C=O) groups excluding carboxylic acids is 1. The number of benzene rings is 1. The maximum atomic E-state index is 12.8. The van der Waals surface area contributed by atoms with Crippen LogP contribution in [0.25, 0.3) is 11.3 Å². The zero-order valence-corrected chi connectivity index (χ0v) is 16.9. The molecule has 0 aliphatic rings. The van der Waals surface area contributed by atoms with E-state index < -0.39 is 15.8 Å². The van der Waals surface area contributed by atoms with Gasteiger partial charge in [-0.2, -0.15) is 4.31 Å². The van der Waals surface area contributed by atoms with Crippen molar-refractivity contribution in [2.45, 2.75) is 18.7 Å². The third-order valence-electron chi connectivity index (χ3n) is 4.41. The van der Waals surface area contributed by atoms with Crippen LogP contribution in [0.3, 0.4) is 0 Å². The standard InChI is InChI=1S/C20H21N5O3S/c1-3-25(4-2)29(27,28)16-9-5-7-14(11-16)17-13-23-20(21)18(24-17)19(26)15-8-6-10-22-12-15/h5-13H,3-4H2,1-2H3,(H2,21,23). The number of rotatable bonds is 7. The molecule has 0 fully saturated rings. The number of nitrogens with zero attached hydrogens (tertiary/aromatic N) is 4. The molecule has 29 heavy (non-hydrogen) atoms. The van der Waals surface area contributed by atoms with Crippen LogP contribution in [-0.4, -0.2) is 46.5 Å². The lowest BCUT2D eigenvalue weighted by Gasteiger charge is -2.18. The maximum Gasteiger partial charge on any atom is 0.243 e. The van der Waals surface area contributed by atoms with E-state index in [2.05, 4.69) is 15.0 Å². The van der Waals surface area contributed by atoms with Crippen molar-refractivity contribution in [3.8, 4) is 11.3 Å². The summed E-state index contributed by atoms with van der Waals surface area (Å²) in [6.45, 7) is 4.31. The SMILES string of the molecule is CCN(CC)S(=O)(=O)c1cccc(-c2cnc(N)c(C(=O)c3cccnc3)n2)c1. The molecule has 0 aliphatic heterocycles. The number of hydrogen-bond donors (Lipinski definition) is 1. The van der Waals surface area contributed by atoms with Gasteiger partial charge in [-0.15, -0.1) is 0 Å². The van der Waals surface area contributed by atoms with E-state index >= 15 is 0 Å². The van der Waals surface area contributed by atoms with Gasteiger partial charge in [0.05, 0.1) is 16.8 Å². The molecule has 0 atom stereocenters. The molecule has 0 saturated heterocycles. The van der Waals surface area contributed by atoms with Crippen LogP contribution < -0.4 is 5.73 Å². The summed E-state index contributed by atoms with van der Waals surface area (Å²) in [5.41, 5.74) is 7.06. The van der Waals surface area contributed by atoms with Crippen molar-refractivity contribution >= 4 is 21.6 Å². The molecule has 150 valence electrons. The molecule has 2 heterocycles. The topological polar surface area (TPSA) is 119 Å². The molecule has 1 aromatic carbocycles. The Bertz CT molecular complexity index is 1130. The summed E-state index contributed by atoms with van der Waals surface area (Å²) in [5.74, 6) is -0.411. The van der Waals surface area contributed by atoms with Crippen LogP contribution >= 0.6 is 0 Å². The molecular formula is C20H21N5O3S. The number of carbonyl (C=O) groups is 1. The minimum atomic E-state index is -3.62. The number of sulfonamides is 1. The summed E-state index contributed by atoms with van der Waals surface area (Å²) in [6.07, 6.45) is 4.40. The predicted octanol–water partition coefficient (Wildman–Crippen LogP) is 2.38. The summed E-state index contributed by atoms with van der Waals surface area (Å²) in [5, 5.41) is 0. The van der Waals surface area contributed by atoms with Crippen molar-refractivity contribution in [3.63, 3.8) is 0 Å². The number of nitrogens with two attached hydrogens (primary N) is 1. The molecule has 3 aromatic rings. The Labute approximate surface area is 169 Å². The Kier molecular flexibility index (Phi) is 6.00. The fourth-order valence-corrected chi connectivity index (χ4v) is 4.37. The zero-order chi connectivity index (χ0) is 21.0. The minimum absolute atomic E-state index is 0.00507. The van der Waals surface area contributed by atoms with Gasteiger partial charge < -0.3 is 5.73 Å². The van der Waals surface area contributed by atoms with E-state index in [-0.39, 0.29) is 16.4 Å². The van der Waals surface area contributed by atoms with Gasteiger partial charge in [0.25, 0.3) is 0 Å². The number of ketones is 1. The molecule has 8 nitrogen and oxygen atoms in total. The highest BCUT2D eigenvalue weighted by Gasteiger charge is 2.22. The van der Waals surface area contributed by atoms with Crippen LogP contribution in [0.1, 0.15) is 29.9 Å². The van der Waals surface area contributed by atoms with Crippen LogP contribution in [0.4, 0.5) is 5.82 Å². The summed E-state index contributed by atoms with van der Waals surface area (Å²) in [7, 11) is -3.62. The Morgan fingerprint density at radius 3 is 2.52 bits per heavy atom. The largest absolute Gasteiger partial charge is 0.382 e. The van der Waals surface area contributed by atoms with Crippen molar-refractivity contribution in [1.82, 2.24) is 19.3 Å². The first-order valence-electron chi connectivity index (χ1n) is 9.06. The lowest BCUT2D eigenvalue weighted by atomic mass is 10.1. The smallest absolute Gasteiger partial charge is 0.243 e. The van der Waals surface area contributed by atoms with Crippen molar-refractivity contribution in [1.29, 1.82) is 0 Å². The number of hydrogen-bond acceptors (Lipinski definition) is 7. The van der Waals surface area contributed by atoms with Crippen LogP contribution in [-0.2, 0) is 10.0 Å². The highest BCUT2D eigenvalue weighted by molar-refractivity contribution is 7.89. The summed E-state index contributed by atoms with van der Waals surface area (Å²) >= 11 is 0. The van der Waals surface area contributed by atoms with Crippen LogP contribution in [0.5, 0.6) is 0 Å². The second-order valence-electron chi connectivity index (χ2n) is 6.18. The molecule has 0 spiro atoms. The molecule has 2 N–H and O–H groups in total. The molecule has 0 amide bonds. The summed E-state index contributed by atoms with van der Waals surface area (Å²) < 4.78 is 27.0. The molecule has 2 aromatic heterocycles. The van der Waals surface area contributed by atoms with Gasteiger partial charge in [-0.3, -0.25) is 9.78 Å². The lowest BCUT2D eigenvalue weighted by Crippen LogP contribution is -2.30. The average molecular weight is 411 g/mol. The van der Waals surface area contributed by atoms with E-state index in [0.29, 0.717) is 29.9 Å². The van der Waals surface area contributed by atoms with E-state index in [1.165, 1.54) is 28.8 Å². The van der Waals surface area contributed by atoms with Crippen molar-refractivity contribution in [2.24, 2.45) is 0 Å². The fourth-order valence-electron chi connectivity index (χ4n) is 2.87. The number of pyridine rings is 1. The Balaban J connectivity index is 2.04. The second kappa shape index (κ2) is 8.46. The molecule has 0 unspecified atom stereocenters. The quantitative estimate of drug-likeness (QED) is 0.593. The monoisotopic (exact) mass is 411 g/mol. The van der Waals surface area contributed by atoms with Crippen LogP contribution in [0, 0.1) is 0 Å². The predicted molar refractivity (Wildman–Crippen MR) is 110 cm³/mol. The Morgan fingerprint density at radius 2 is 1.86 bits per heavy atom. The van der Waals surface area contributed by atoms with Gasteiger partial charge in [-0.1, -0.05) is 26.0 Å². The van der Waals surface area contributed by atoms with Gasteiger partial charge in [0.15, 0.2) is 11.5 Å². The van der Waals surface area contributed by atoms with Gasteiger partial charge >= 0.3 is 0 Å². The molecule has 0 saturated carbocycles. The number of anilines is 1. The minimum Gasteiger partial charge on any atom is -0.382 e. The lowest BCUT2D eigenvalue weighted by molar-refractivity contribution is 0.103. The first kappa shape index (κ1) is 20.6. The number of aromatic nitrogens is 3. The normalized spacial score (nSPS) is 11.6. The first-order chi connectivity index (χ1) is 13.9. The third kappa shape index (κ3) is 4.15. The van der Waals surface area contributed by atoms with Gasteiger partial charge in [-0.25, -0.2) is 18.4 Å². The zero-order valence-electron chi connectivity index (χ0n) is 16.1. The molecule has 9 heteroatoms. The second-order valence-corrected chi connectivity index (χ2v) is 8.12.